The fourth-order valence-electron chi connectivity index (χ4n) is 1.98. The van der Waals surface area contributed by atoms with Crippen LogP contribution in [0.25, 0.3) is 0 Å². The fourth-order valence-corrected chi connectivity index (χ4v) is 1.98. The molecule has 2 atom stereocenters. The zero-order chi connectivity index (χ0) is 11.9. The van der Waals surface area contributed by atoms with Crippen molar-refractivity contribution in [3.63, 3.8) is 0 Å². The number of Topliss-reactive ketones (excluding diaryl/α,β-unsaturated/α-hetero) is 1. The molecule has 1 aliphatic rings. The summed E-state index contributed by atoms with van der Waals surface area (Å²) in [6.07, 6.45) is 2.62. The molecule has 4 nitrogen and oxygen atoms in total. The Morgan fingerprint density at radius 2 is 2.25 bits per heavy atom. The summed E-state index contributed by atoms with van der Waals surface area (Å²) >= 11 is 0. The monoisotopic (exact) mass is 222 g/mol. The van der Waals surface area contributed by atoms with Crippen molar-refractivity contribution < 1.29 is 9.53 Å². The molecular formula is C12H18N2O2. The third-order valence-electron chi connectivity index (χ3n) is 3.15. The largest absolute Gasteiger partial charge is 0.493 e. The highest BCUT2D eigenvalue weighted by molar-refractivity contribution is 6.00. The van der Waals surface area contributed by atoms with Crippen LogP contribution in [-0.2, 0) is 0 Å². The molecule has 1 saturated carbocycles. The fraction of sp³-hybridized carbons (Fsp3) is 0.667. The predicted octanol–water partition coefficient (Wildman–Crippen LogP) is 2.31. The van der Waals surface area contributed by atoms with E-state index in [4.69, 9.17) is 4.74 Å². The van der Waals surface area contributed by atoms with Gasteiger partial charge in [0.2, 0.25) is 0 Å². The van der Waals surface area contributed by atoms with Crippen molar-refractivity contribution in [2.45, 2.75) is 33.2 Å². The number of hydrogen-bond donors (Lipinski definition) is 0. The van der Waals surface area contributed by atoms with E-state index in [0.717, 1.165) is 6.42 Å². The number of ketones is 1. The van der Waals surface area contributed by atoms with Gasteiger partial charge in [-0.3, -0.25) is 9.48 Å². The molecule has 0 saturated heterocycles. The molecule has 1 fully saturated rings. The Labute approximate surface area is 95.6 Å². The van der Waals surface area contributed by atoms with E-state index in [9.17, 15) is 4.79 Å². The van der Waals surface area contributed by atoms with Gasteiger partial charge in [0.1, 0.15) is 5.69 Å². The molecule has 0 amide bonds. The molecule has 1 aromatic heterocycles. The molecule has 1 heterocycles. The summed E-state index contributed by atoms with van der Waals surface area (Å²) in [6, 6.07) is 0.178. The SMILES string of the molecule is COc1cnn(C(C)C)c1C(=O)C1CC1C. The van der Waals surface area contributed by atoms with Crippen LogP contribution in [0.15, 0.2) is 6.20 Å². The van der Waals surface area contributed by atoms with E-state index in [-0.39, 0.29) is 17.7 Å². The lowest BCUT2D eigenvalue weighted by molar-refractivity contribution is 0.0946. The van der Waals surface area contributed by atoms with E-state index in [0.29, 0.717) is 17.4 Å². The number of hydrogen-bond acceptors (Lipinski definition) is 3. The minimum Gasteiger partial charge on any atom is -0.493 e. The average molecular weight is 222 g/mol. The third-order valence-corrected chi connectivity index (χ3v) is 3.15. The zero-order valence-electron chi connectivity index (χ0n) is 10.2. The van der Waals surface area contributed by atoms with Crippen LogP contribution in [0, 0.1) is 11.8 Å². The first-order valence-corrected chi connectivity index (χ1v) is 5.72. The first-order chi connectivity index (χ1) is 7.56. The Morgan fingerprint density at radius 1 is 1.62 bits per heavy atom. The molecule has 0 N–H and O–H groups in total. The van der Waals surface area contributed by atoms with E-state index in [1.807, 2.05) is 13.8 Å². The van der Waals surface area contributed by atoms with Crippen LogP contribution >= 0.6 is 0 Å². The molecular weight excluding hydrogens is 204 g/mol. The van der Waals surface area contributed by atoms with Gasteiger partial charge in [0, 0.05) is 12.0 Å². The van der Waals surface area contributed by atoms with Gasteiger partial charge in [-0.05, 0) is 26.2 Å². The Morgan fingerprint density at radius 3 is 2.69 bits per heavy atom. The quantitative estimate of drug-likeness (QED) is 0.734. The van der Waals surface area contributed by atoms with Gasteiger partial charge in [-0.1, -0.05) is 6.92 Å². The predicted molar refractivity (Wildman–Crippen MR) is 60.8 cm³/mol. The Kier molecular flexibility index (Phi) is 2.74. The number of rotatable bonds is 4. The van der Waals surface area contributed by atoms with Gasteiger partial charge in [-0.15, -0.1) is 0 Å². The van der Waals surface area contributed by atoms with Crippen molar-refractivity contribution in [2.24, 2.45) is 11.8 Å². The number of methoxy groups -OCH3 is 1. The minimum absolute atomic E-state index is 0.170. The number of carbonyl (C=O) groups is 1. The van der Waals surface area contributed by atoms with Crippen LogP contribution in [0.5, 0.6) is 5.75 Å². The maximum absolute atomic E-state index is 12.2. The van der Waals surface area contributed by atoms with E-state index in [2.05, 4.69) is 12.0 Å². The van der Waals surface area contributed by atoms with Crippen LogP contribution in [0.2, 0.25) is 0 Å². The van der Waals surface area contributed by atoms with Crippen molar-refractivity contribution in [1.82, 2.24) is 9.78 Å². The molecule has 1 aliphatic carbocycles. The number of nitrogens with zero attached hydrogens (tertiary/aromatic N) is 2. The molecule has 0 aromatic carbocycles. The van der Waals surface area contributed by atoms with E-state index in [1.165, 1.54) is 0 Å². The normalized spacial score (nSPS) is 23.6. The third kappa shape index (κ3) is 1.72. The molecule has 16 heavy (non-hydrogen) atoms. The summed E-state index contributed by atoms with van der Waals surface area (Å²) in [7, 11) is 1.58. The van der Waals surface area contributed by atoms with Crippen molar-refractivity contribution in [3.8, 4) is 5.75 Å². The molecule has 2 unspecified atom stereocenters. The molecule has 0 spiro atoms. The van der Waals surface area contributed by atoms with Gasteiger partial charge in [0.15, 0.2) is 11.5 Å². The summed E-state index contributed by atoms with van der Waals surface area (Å²) in [5, 5.41) is 4.21. The highest BCUT2D eigenvalue weighted by atomic mass is 16.5. The first-order valence-electron chi connectivity index (χ1n) is 5.72. The number of aromatic nitrogens is 2. The molecule has 88 valence electrons. The van der Waals surface area contributed by atoms with Crippen molar-refractivity contribution in [3.05, 3.63) is 11.9 Å². The smallest absolute Gasteiger partial charge is 0.188 e. The van der Waals surface area contributed by atoms with Gasteiger partial charge < -0.3 is 4.74 Å². The van der Waals surface area contributed by atoms with Gasteiger partial charge in [0.05, 0.1) is 13.3 Å². The first kappa shape index (κ1) is 11.2. The van der Waals surface area contributed by atoms with Crippen molar-refractivity contribution in [1.29, 1.82) is 0 Å². The second kappa shape index (κ2) is 3.92. The second-order valence-electron chi connectivity index (χ2n) is 4.78. The summed E-state index contributed by atoms with van der Waals surface area (Å²) in [6.45, 7) is 6.13. The summed E-state index contributed by atoms with van der Waals surface area (Å²) in [5.41, 5.74) is 0.631. The number of ether oxygens (including phenoxy) is 1. The van der Waals surface area contributed by atoms with Crippen LogP contribution in [0.3, 0.4) is 0 Å². The Balaban J connectivity index is 2.36. The van der Waals surface area contributed by atoms with Gasteiger partial charge in [0.25, 0.3) is 0 Å². The maximum Gasteiger partial charge on any atom is 0.188 e. The number of carbonyl (C=O) groups excluding carboxylic acids is 1. The molecule has 0 aliphatic heterocycles. The van der Waals surface area contributed by atoms with Gasteiger partial charge in [-0.25, -0.2) is 0 Å². The highest BCUT2D eigenvalue weighted by Gasteiger charge is 2.42. The van der Waals surface area contributed by atoms with Crippen LogP contribution in [0.4, 0.5) is 0 Å². The summed E-state index contributed by atoms with van der Waals surface area (Å²) in [4.78, 5) is 12.2. The standard InChI is InChI=1S/C12H18N2O2/c1-7(2)14-11(10(16-4)6-13-14)12(15)9-5-8(9)3/h6-9H,5H2,1-4H3. The summed E-state index contributed by atoms with van der Waals surface area (Å²) < 4.78 is 6.96. The Bertz CT molecular complexity index is 409. The van der Waals surface area contributed by atoms with Crippen molar-refractivity contribution in [2.75, 3.05) is 7.11 Å². The zero-order valence-corrected chi connectivity index (χ0v) is 10.2. The van der Waals surface area contributed by atoms with Crippen LogP contribution in [0.1, 0.15) is 43.7 Å². The lowest BCUT2D eigenvalue weighted by atomic mass is 10.1. The van der Waals surface area contributed by atoms with Crippen molar-refractivity contribution >= 4 is 5.78 Å². The van der Waals surface area contributed by atoms with Crippen LogP contribution in [-0.4, -0.2) is 22.7 Å². The van der Waals surface area contributed by atoms with Gasteiger partial charge >= 0.3 is 0 Å². The van der Waals surface area contributed by atoms with E-state index >= 15 is 0 Å². The average Bonchev–Trinajstić information content (AvgIpc) is 2.82. The topological polar surface area (TPSA) is 44.1 Å². The van der Waals surface area contributed by atoms with E-state index in [1.54, 1.807) is 18.0 Å². The molecule has 0 bridgehead atoms. The Hall–Kier alpha value is -1.32. The molecule has 4 heteroatoms. The lowest BCUT2D eigenvalue weighted by Gasteiger charge is -2.10. The second-order valence-corrected chi connectivity index (χ2v) is 4.78. The van der Waals surface area contributed by atoms with Gasteiger partial charge in [-0.2, -0.15) is 5.10 Å². The van der Waals surface area contributed by atoms with Crippen LogP contribution < -0.4 is 4.74 Å². The maximum atomic E-state index is 12.2. The molecule has 2 rings (SSSR count). The summed E-state index contributed by atoms with van der Waals surface area (Å²) in [5.74, 6) is 1.45. The van der Waals surface area contributed by atoms with E-state index < -0.39 is 0 Å². The molecule has 1 aromatic rings. The highest BCUT2D eigenvalue weighted by Crippen LogP contribution is 2.41. The lowest BCUT2D eigenvalue weighted by Crippen LogP contribution is -2.15. The minimum atomic E-state index is 0.170. The molecule has 0 radical (unpaired) electrons.